The van der Waals surface area contributed by atoms with Crippen LogP contribution in [0.25, 0.3) is 0 Å². The fourth-order valence-corrected chi connectivity index (χ4v) is 5.90. The average Bonchev–Trinajstić information content (AvgIpc) is 2.34. The fraction of sp³-hybridized carbons (Fsp3) is 0.600. The molecule has 0 saturated heterocycles. The summed E-state index contributed by atoms with van der Waals surface area (Å²) >= 11 is 18.3. The first-order valence-corrected chi connectivity index (χ1v) is 9.77. The second kappa shape index (κ2) is 9.53. The molecule has 1 rings (SSSR count). The molecule has 1 unspecified atom stereocenters. The van der Waals surface area contributed by atoms with Crippen LogP contribution in [0.1, 0.15) is 45.4 Å². The van der Waals surface area contributed by atoms with E-state index in [1.54, 1.807) is 0 Å². The van der Waals surface area contributed by atoms with Gasteiger partial charge in [0.15, 0.2) is 0 Å². The summed E-state index contributed by atoms with van der Waals surface area (Å²) in [6.45, 7) is 2.23. The number of hydrogen-bond donors (Lipinski definition) is 0. The van der Waals surface area contributed by atoms with Gasteiger partial charge in [0.1, 0.15) is 0 Å². The van der Waals surface area contributed by atoms with Crippen molar-refractivity contribution in [2.45, 2.75) is 54.1 Å². The summed E-state index contributed by atoms with van der Waals surface area (Å²) in [4.78, 5) is 0.513. The molecule has 0 N–H and O–H groups in total. The van der Waals surface area contributed by atoms with Crippen molar-refractivity contribution in [1.29, 1.82) is 0 Å². The third-order valence-electron chi connectivity index (χ3n) is 2.88. The number of rotatable bonds is 8. The van der Waals surface area contributed by atoms with Crippen LogP contribution in [0.15, 0.2) is 30.3 Å². The molecule has 108 valence electrons. The van der Waals surface area contributed by atoms with Gasteiger partial charge in [0.2, 0.25) is 0 Å². The van der Waals surface area contributed by atoms with Gasteiger partial charge in [-0.25, -0.2) is 0 Å². The van der Waals surface area contributed by atoms with Crippen molar-refractivity contribution in [3.8, 4) is 0 Å². The van der Waals surface area contributed by atoms with Gasteiger partial charge in [-0.15, -0.1) is 0 Å². The Bertz CT molecular complexity index is 335. The van der Waals surface area contributed by atoms with Gasteiger partial charge in [0.05, 0.1) is 0 Å². The molecular formula is C15H21Cl3Se. The summed E-state index contributed by atoms with van der Waals surface area (Å²) in [6.07, 6.45) is 6.94. The Kier molecular flexibility index (Phi) is 8.86. The van der Waals surface area contributed by atoms with Gasteiger partial charge in [0, 0.05) is 0 Å². The molecule has 1 atom stereocenters. The monoisotopic (exact) mass is 386 g/mol. The molecule has 19 heavy (non-hydrogen) atoms. The van der Waals surface area contributed by atoms with E-state index >= 15 is 0 Å². The molecule has 0 bridgehead atoms. The molecule has 0 aliphatic rings. The standard InChI is InChI=1S/C15H21Cl3Se/c1-2-3-4-6-11-14(12-15(16,17)18)19-13-9-7-5-8-10-13/h5,7-10,14H,2-4,6,11-12H2,1H3. The van der Waals surface area contributed by atoms with E-state index in [-0.39, 0.29) is 0 Å². The molecule has 0 heterocycles. The minimum atomic E-state index is -1.12. The molecule has 1 aromatic carbocycles. The van der Waals surface area contributed by atoms with Gasteiger partial charge in [-0.1, -0.05) is 0 Å². The molecule has 0 aliphatic heterocycles. The van der Waals surface area contributed by atoms with Crippen molar-refractivity contribution in [2.24, 2.45) is 0 Å². The Morgan fingerprint density at radius 1 is 1.05 bits per heavy atom. The second-order valence-electron chi connectivity index (χ2n) is 4.72. The predicted molar refractivity (Wildman–Crippen MR) is 89.2 cm³/mol. The van der Waals surface area contributed by atoms with Gasteiger partial charge < -0.3 is 0 Å². The number of alkyl halides is 3. The molecule has 4 heteroatoms. The Balaban J connectivity index is 2.49. The SMILES string of the molecule is CCCCCCC(CC(Cl)(Cl)Cl)[Se]c1ccccc1. The molecule has 0 spiro atoms. The van der Waals surface area contributed by atoms with E-state index in [0.29, 0.717) is 26.2 Å². The van der Waals surface area contributed by atoms with E-state index in [1.165, 1.54) is 36.6 Å². The zero-order valence-electron chi connectivity index (χ0n) is 11.2. The molecule has 1 aromatic rings. The zero-order chi connectivity index (χ0) is 14.1. The summed E-state index contributed by atoms with van der Waals surface area (Å²) in [5.41, 5.74) is 0. The molecule has 0 nitrogen and oxygen atoms in total. The van der Waals surface area contributed by atoms with Crippen LogP contribution in [-0.2, 0) is 0 Å². The maximum absolute atomic E-state index is 5.98. The van der Waals surface area contributed by atoms with E-state index < -0.39 is 3.79 Å². The van der Waals surface area contributed by atoms with Crippen molar-refractivity contribution < 1.29 is 0 Å². The van der Waals surface area contributed by atoms with Crippen molar-refractivity contribution in [1.82, 2.24) is 0 Å². The first kappa shape index (κ1) is 17.7. The van der Waals surface area contributed by atoms with E-state index in [0.717, 1.165) is 0 Å². The van der Waals surface area contributed by atoms with Gasteiger partial charge in [-0.2, -0.15) is 0 Å². The Morgan fingerprint density at radius 3 is 2.32 bits per heavy atom. The summed E-state index contributed by atoms with van der Waals surface area (Å²) in [7, 11) is 0. The number of hydrogen-bond acceptors (Lipinski definition) is 0. The van der Waals surface area contributed by atoms with Crippen molar-refractivity contribution in [3.63, 3.8) is 0 Å². The van der Waals surface area contributed by atoms with Gasteiger partial charge in [-0.3, -0.25) is 0 Å². The summed E-state index contributed by atoms with van der Waals surface area (Å²) in [5.74, 6) is 0. The van der Waals surface area contributed by atoms with E-state index in [2.05, 4.69) is 31.2 Å². The molecule has 0 amide bonds. The van der Waals surface area contributed by atoms with E-state index in [1.807, 2.05) is 6.07 Å². The van der Waals surface area contributed by atoms with Crippen molar-refractivity contribution in [2.75, 3.05) is 0 Å². The Hall–Kier alpha value is 0.609. The van der Waals surface area contributed by atoms with Gasteiger partial charge in [0.25, 0.3) is 0 Å². The molecule has 0 saturated carbocycles. The summed E-state index contributed by atoms with van der Waals surface area (Å²) in [5, 5.41) is 0. The van der Waals surface area contributed by atoms with Crippen LogP contribution in [0.4, 0.5) is 0 Å². The third kappa shape index (κ3) is 9.21. The zero-order valence-corrected chi connectivity index (χ0v) is 15.2. The van der Waals surface area contributed by atoms with Crippen LogP contribution in [0.3, 0.4) is 0 Å². The maximum atomic E-state index is 5.98. The molecule has 0 aliphatic carbocycles. The molecule has 0 fully saturated rings. The van der Waals surface area contributed by atoms with E-state index in [4.69, 9.17) is 34.8 Å². The fourth-order valence-electron chi connectivity index (χ4n) is 1.95. The number of benzene rings is 1. The van der Waals surface area contributed by atoms with E-state index in [9.17, 15) is 0 Å². The van der Waals surface area contributed by atoms with Crippen LogP contribution in [0, 0.1) is 0 Å². The van der Waals surface area contributed by atoms with Crippen LogP contribution in [0.2, 0.25) is 4.82 Å². The van der Waals surface area contributed by atoms with Crippen LogP contribution >= 0.6 is 34.8 Å². The van der Waals surface area contributed by atoms with Crippen LogP contribution < -0.4 is 4.46 Å². The normalized spacial score (nSPS) is 13.5. The molecule has 0 aromatic heterocycles. The van der Waals surface area contributed by atoms with Crippen molar-refractivity contribution in [3.05, 3.63) is 30.3 Å². The topological polar surface area (TPSA) is 0 Å². The minimum absolute atomic E-state index is 0.386. The number of unbranched alkanes of at least 4 members (excludes halogenated alkanes) is 3. The van der Waals surface area contributed by atoms with Gasteiger partial charge >= 0.3 is 139 Å². The third-order valence-corrected chi connectivity index (χ3v) is 6.03. The Morgan fingerprint density at radius 2 is 1.74 bits per heavy atom. The first-order valence-electron chi connectivity index (χ1n) is 6.79. The quantitative estimate of drug-likeness (QED) is 0.313. The first-order chi connectivity index (χ1) is 9.01. The van der Waals surface area contributed by atoms with Crippen molar-refractivity contribution >= 4 is 54.2 Å². The summed E-state index contributed by atoms with van der Waals surface area (Å²) < 4.78 is 0.274. The van der Waals surface area contributed by atoms with Gasteiger partial charge in [-0.05, 0) is 0 Å². The van der Waals surface area contributed by atoms with Crippen LogP contribution in [0.5, 0.6) is 0 Å². The second-order valence-corrected chi connectivity index (χ2v) is 10.1. The van der Waals surface area contributed by atoms with Crippen LogP contribution in [-0.4, -0.2) is 18.7 Å². The number of halogens is 3. The summed E-state index contributed by atoms with van der Waals surface area (Å²) in [6, 6.07) is 10.6. The predicted octanol–water partition coefficient (Wildman–Crippen LogP) is 5.54. The molecular weight excluding hydrogens is 365 g/mol. The Labute approximate surface area is 138 Å². The average molecular weight is 387 g/mol. The molecule has 0 radical (unpaired) electrons.